The van der Waals surface area contributed by atoms with Gasteiger partial charge >= 0.3 is 0 Å². The van der Waals surface area contributed by atoms with Gasteiger partial charge in [0.2, 0.25) is 11.8 Å². The molecule has 1 aliphatic rings. The molecular weight excluding hydrogens is 388 g/mol. The van der Waals surface area contributed by atoms with Crippen molar-refractivity contribution in [3.63, 3.8) is 0 Å². The van der Waals surface area contributed by atoms with Gasteiger partial charge in [0.1, 0.15) is 0 Å². The number of carbonyl (C=O) groups excluding carboxylic acids is 2. The highest BCUT2D eigenvalue weighted by atomic mass is 16.2. The van der Waals surface area contributed by atoms with Gasteiger partial charge in [-0.05, 0) is 56.6 Å². The Morgan fingerprint density at radius 2 is 1.58 bits per heavy atom. The monoisotopic (exact) mass is 422 g/mol. The molecule has 0 saturated carbocycles. The number of rotatable bonds is 7. The number of hydrogen-bond acceptors (Lipinski definition) is 4. The first kappa shape index (κ1) is 23.0. The summed E-state index contributed by atoms with van der Waals surface area (Å²) in [5, 5.41) is 2.93. The molecule has 1 N–H and O–H groups in total. The Morgan fingerprint density at radius 3 is 2.23 bits per heavy atom. The molecule has 166 valence electrons. The van der Waals surface area contributed by atoms with E-state index >= 15 is 0 Å². The van der Waals surface area contributed by atoms with E-state index in [1.165, 1.54) is 11.1 Å². The van der Waals surface area contributed by atoms with E-state index in [0.717, 1.165) is 49.5 Å². The van der Waals surface area contributed by atoms with Crippen LogP contribution >= 0.6 is 0 Å². The zero-order valence-electron chi connectivity index (χ0n) is 19.1. The molecule has 1 saturated heterocycles. The molecule has 0 unspecified atom stereocenters. The van der Waals surface area contributed by atoms with Gasteiger partial charge < -0.3 is 10.2 Å². The van der Waals surface area contributed by atoms with Gasteiger partial charge in [0, 0.05) is 38.4 Å². The summed E-state index contributed by atoms with van der Waals surface area (Å²) in [6.07, 6.45) is 0. The minimum atomic E-state index is -0.108. The van der Waals surface area contributed by atoms with Gasteiger partial charge in [0.25, 0.3) is 0 Å². The molecule has 2 aromatic rings. The number of anilines is 1. The maximum Gasteiger partial charge on any atom is 0.238 e. The van der Waals surface area contributed by atoms with Crippen LogP contribution in [0.1, 0.15) is 22.3 Å². The van der Waals surface area contributed by atoms with E-state index in [9.17, 15) is 9.59 Å². The fraction of sp³-hybridized carbons (Fsp3) is 0.440. The van der Waals surface area contributed by atoms with Gasteiger partial charge in [0.05, 0.1) is 13.1 Å². The number of nitrogens with one attached hydrogen (secondary N) is 1. The number of amides is 2. The first-order valence-corrected chi connectivity index (χ1v) is 10.9. The lowest BCUT2D eigenvalue weighted by Gasteiger charge is -2.35. The molecule has 1 fully saturated rings. The molecule has 0 spiro atoms. The van der Waals surface area contributed by atoms with E-state index in [0.29, 0.717) is 0 Å². The zero-order chi connectivity index (χ0) is 22.4. The first-order valence-electron chi connectivity index (χ1n) is 10.9. The summed E-state index contributed by atoms with van der Waals surface area (Å²) < 4.78 is 0. The third-order valence-electron chi connectivity index (χ3n) is 5.54. The van der Waals surface area contributed by atoms with Gasteiger partial charge in [0.15, 0.2) is 0 Å². The molecule has 2 aromatic carbocycles. The molecule has 0 atom stereocenters. The average Bonchev–Trinajstić information content (AvgIpc) is 2.67. The Kier molecular flexibility index (Phi) is 7.82. The van der Waals surface area contributed by atoms with Crippen molar-refractivity contribution in [2.45, 2.75) is 27.3 Å². The molecule has 3 rings (SSSR count). The van der Waals surface area contributed by atoms with Crippen LogP contribution in [0.2, 0.25) is 0 Å². The summed E-state index contributed by atoms with van der Waals surface area (Å²) in [6, 6.07) is 14.5. The Balaban J connectivity index is 1.41. The molecule has 0 aliphatic carbocycles. The Bertz CT molecular complexity index is 899. The second-order valence-electron chi connectivity index (χ2n) is 8.74. The molecule has 0 bridgehead atoms. The van der Waals surface area contributed by atoms with Crippen LogP contribution in [0.15, 0.2) is 42.5 Å². The molecule has 31 heavy (non-hydrogen) atoms. The number of nitrogens with zero attached hydrogens (tertiary/aromatic N) is 3. The first-order chi connectivity index (χ1) is 14.8. The maximum absolute atomic E-state index is 12.7. The zero-order valence-corrected chi connectivity index (χ0v) is 19.1. The molecule has 1 heterocycles. The molecule has 6 heteroatoms. The van der Waals surface area contributed by atoms with Crippen LogP contribution in [-0.2, 0) is 16.1 Å². The molecule has 0 radical (unpaired) electrons. The van der Waals surface area contributed by atoms with Crippen molar-refractivity contribution >= 4 is 17.5 Å². The number of piperazine rings is 1. The van der Waals surface area contributed by atoms with Crippen molar-refractivity contribution in [1.82, 2.24) is 14.7 Å². The number of carbonyl (C=O) groups is 2. The minimum absolute atomic E-state index is 0.0805. The summed E-state index contributed by atoms with van der Waals surface area (Å²) in [5.74, 6) is -0.0276. The fourth-order valence-electron chi connectivity index (χ4n) is 4.10. The highest BCUT2D eigenvalue weighted by Crippen LogP contribution is 2.14. The van der Waals surface area contributed by atoms with Gasteiger partial charge in [-0.25, -0.2) is 0 Å². The maximum atomic E-state index is 12.7. The van der Waals surface area contributed by atoms with E-state index < -0.39 is 0 Å². The third-order valence-corrected chi connectivity index (χ3v) is 5.54. The standard InChI is InChI=1S/C25H34N4O2/c1-19-6-5-7-22(13-19)16-28-8-10-29(11-9-28)25(31)18-27(4)17-24(30)26-23-14-20(2)12-21(3)15-23/h5-7,12-15H,8-11,16-18H2,1-4H3,(H,26,30). The van der Waals surface area contributed by atoms with Crippen LogP contribution < -0.4 is 5.32 Å². The van der Waals surface area contributed by atoms with Crippen molar-refractivity contribution in [2.75, 3.05) is 51.6 Å². The topological polar surface area (TPSA) is 55.9 Å². The number of benzene rings is 2. The largest absolute Gasteiger partial charge is 0.339 e. The third kappa shape index (κ3) is 7.19. The second-order valence-corrected chi connectivity index (χ2v) is 8.74. The lowest BCUT2D eigenvalue weighted by atomic mass is 10.1. The van der Waals surface area contributed by atoms with Crippen molar-refractivity contribution in [3.05, 3.63) is 64.7 Å². The molecule has 6 nitrogen and oxygen atoms in total. The summed E-state index contributed by atoms with van der Waals surface area (Å²) in [4.78, 5) is 31.1. The smallest absolute Gasteiger partial charge is 0.238 e. The van der Waals surface area contributed by atoms with E-state index in [1.54, 1.807) is 4.90 Å². The number of hydrogen-bond donors (Lipinski definition) is 1. The van der Waals surface area contributed by atoms with Crippen LogP contribution in [0.3, 0.4) is 0 Å². The molecule has 0 aromatic heterocycles. The van der Waals surface area contributed by atoms with E-state index in [1.807, 2.05) is 37.9 Å². The normalized spacial score (nSPS) is 14.7. The Hall–Kier alpha value is -2.70. The van der Waals surface area contributed by atoms with Crippen LogP contribution in [0.25, 0.3) is 0 Å². The SMILES string of the molecule is Cc1cccc(CN2CCN(C(=O)CN(C)CC(=O)Nc3cc(C)cc(C)c3)CC2)c1. The average molecular weight is 423 g/mol. The van der Waals surface area contributed by atoms with E-state index in [2.05, 4.69) is 47.5 Å². The van der Waals surface area contributed by atoms with Crippen molar-refractivity contribution in [2.24, 2.45) is 0 Å². The summed E-state index contributed by atoms with van der Waals surface area (Å²) in [7, 11) is 1.81. The van der Waals surface area contributed by atoms with Gasteiger partial charge in [-0.2, -0.15) is 0 Å². The highest BCUT2D eigenvalue weighted by Gasteiger charge is 2.22. The molecular formula is C25H34N4O2. The van der Waals surface area contributed by atoms with E-state index in [4.69, 9.17) is 0 Å². The van der Waals surface area contributed by atoms with Gasteiger partial charge in [-0.1, -0.05) is 35.9 Å². The highest BCUT2D eigenvalue weighted by molar-refractivity contribution is 5.92. The Labute approximate surface area is 185 Å². The summed E-state index contributed by atoms with van der Waals surface area (Å²) in [5.41, 5.74) is 5.61. The predicted molar refractivity (Wildman–Crippen MR) is 125 cm³/mol. The quantitative estimate of drug-likeness (QED) is 0.746. The van der Waals surface area contributed by atoms with E-state index in [-0.39, 0.29) is 24.9 Å². The molecule has 1 aliphatic heterocycles. The predicted octanol–water partition coefficient (Wildman–Crippen LogP) is 2.83. The van der Waals surface area contributed by atoms with Crippen molar-refractivity contribution in [3.8, 4) is 0 Å². The molecule has 2 amide bonds. The number of aryl methyl sites for hydroxylation is 3. The Morgan fingerprint density at radius 1 is 0.903 bits per heavy atom. The fourth-order valence-corrected chi connectivity index (χ4v) is 4.10. The van der Waals surface area contributed by atoms with Crippen LogP contribution in [0, 0.1) is 20.8 Å². The van der Waals surface area contributed by atoms with Crippen LogP contribution in [-0.4, -0.2) is 72.8 Å². The van der Waals surface area contributed by atoms with Gasteiger partial charge in [-0.3, -0.25) is 19.4 Å². The van der Waals surface area contributed by atoms with Crippen LogP contribution in [0.4, 0.5) is 5.69 Å². The van der Waals surface area contributed by atoms with Crippen LogP contribution in [0.5, 0.6) is 0 Å². The summed E-state index contributed by atoms with van der Waals surface area (Å²) in [6.45, 7) is 10.7. The lowest BCUT2D eigenvalue weighted by Crippen LogP contribution is -2.51. The minimum Gasteiger partial charge on any atom is -0.339 e. The van der Waals surface area contributed by atoms with Crippen molar-refractivity contribution < 1.29 is 9.59 Å². The number of likely N-dealkylation sites (N-methyl/N-ethyl adjacent to an activating group) is 1. The lowest BCUT2D eigenvalue weighted by molar-refractivity contribution is -0.134. The summed E-state index contributed by atoms with van der Waals surface area (Å²) >= 11 is 0. The van der Waals surface area contributed by atoms with Gasteiger partial charge in [-0.15, -0.1) is 0 Å². The van der Waals surface area contributed by atoms with Crippen molar-refractivity contribution in [1.29, 1.82) is 0 Å². The second kappa shape index (κ2) is 10.6.